The summed E-state index contributed by atoms with van der Waals surface area (Å²) in [5.41, 5.74) is 7.08. The van der Waals surface area contributed by atoms with Gasteiger partial charge in [-0.25, -0.2) is 0 Å². The fourth-order valence-corrected chi connectivity index (χ4v) is 0.671. The van der Waals surface area contributed by atoms with Gasteiger partial charge in [-0.2, -0.15) is 4.79 Å². The van der Waals surface area contributed by atoms with Crippen molar-refractivity contribution in [1.82, 2.24) is 4.90 Å². The molecule has 0 saturated heterocycles. The quantitative estimate of drug-likeness (QED) is 0.333. The molecule has 0 aliphatic carbocycles. The van der Waals surface area contributed by atoms with Crippen LogP contribution in [0.15, 0.2) is 0 Å². The zero-order chi connectivity index (χ0) is 8.41. The lowest BCUT2D eigenvalue weighted by Gasteiger charge is -2.13. The Morgan fingerprint density at radius 2 is 1.40 bits per heavy atom. The molecule has 0 N–H and O–H groups in total. The zero-order valence-corrected chi connectivity index (χ0v) is 7.17. The van der Waals surface area contributed by atoms with Gasteiger partial charge in [0.1, 0.15) is 0 Å². The highest BCUT2D eigenvalue weighted by atomic mass is 15.1. The van der Waals surface area contributed by atoms with Crippen LogP contribution < -0.4 is 0 Å². The molecule has 0 heterocycles. The molecule has 0 fully saturated rings. The molecule has 3 nitrogen and oxygen atoms in total. The van der Waals surface area contributed by atoms with Gasteiger partial charge in [0.05, 0.1) is 0 Å². The van der Waals surface area contributed by atoms with Crippen molar-refractivity contribution in [3.05, 3.63) is 5.53 Å². The largest absolute Gasteiger partial charge is 0.362 e. The van der Waals surface area contributed by atoms with Crippen molar-refractivity contribution < 1.29 is 4.79 Å². The van der Waals surface area contributed by atoms with E-state index in [9.17, 15) is 0 Å². The predicted octanol–water partition coefficient (Wildman–Crippen LogP) is 1.26. The molecule has 0 rings (SSSR count). The molecule has 3 heteroatoms. The van der Waals surface area contributed by atoms with Crippen LogP contribution in [-0.2, 0) is 0 Å². The summed E-state index contributed by atoms with van der Waals surface area (Å²) >= 11 is 0. The Balaban J connectivity index is 0. The number of hydrogen-bond acceptors (Lipinski definition) is 1. The Bertz CT molecular complexity index is 75.3. The average Bonchev–Trinajstić information content (AvgIpc) is 1.93. The lowest BCUT2D eigenvalue weighted by atomic mass is 10.5. The summed E-state index contributed by atoms with van der Waals surface area (Å²) in [5.74, 6) is 0. The molecule has 0 radical (unpaired) electrons. The second kappa shape index (κ2) is 11.2. The van der Waals surface area contributed by atoms with Crippen molar-refractivity contribution in [2.75, 3.05) is 19.6 Å². The Labute approximate surface area is 63.3 Å². The molecule has 10 heavy (non-hydrogen) atoms. The molecule has 0 aliphatic rings. The van der Waals surface area contributed by atoms with Gasteiger partial charge in [0.25, 0.3) is 0 Å². The summed E-state index contributed by atoms with van der Waals surface area (Å²) in [6.07, 6.45) is 0. The van der Waals surface area contributed by atoms with Crippen LogP contribution in [0.5, 0.6) is 0 Å². The SMILES string of the molecule is C=[N+]=[N-].CCN(CC)CC. The van der Waals surface area contributed by atoms with Gasteiger partial charge in [-0.1, -0.05) is 20.8 Å². The smallest absolute Gasteiger partial charge is 0.245 e. The van der Waals surface area contributed by atoms with Gasteiger partial charge < -0.3 is 10.4 Å². The van der Waals surface area contributed by atoms with Crippen LogP contribution in [0.1, 0.15) is 20.8 Å². The second-order valence-electron chi connectivity index (χ2n) is 1.76. The van der Waals surface area contributed by atoms with E-state index in [1.807, 2.05) is 0 Å². The van der Waals surface area contributed by atoms with Gasteiger partial charge in [-0.05, 0) is 19.6 Å². The molecule has 0 aromatic carbocycles. The van der Waals surface area contributed by atoms with Gasteiger partial charge >= 0.3 is 0 Å². The third-order valence-corrected chi connectivity index (χ3v) is 1.34. The Morgan fingerprint density at radius 3 is 1.40 bits per heavy atom. The van der Waals surface area contributed by atoms with Crippen LogP contribution in [0.2, 0.25) is 0 Å². The summed E-state index contributed by atoms with van der Waals surface area (Å²) in [7, 11) is 0. The summed E-state index contributed by atoms with van der Waals surface area (Å²) in [5, 5.41) is 0. The summed E-state index contributed by atoms with van der Waals surface area (Å²) in [6, 6.07) is 0. The number of rotatable bonds is 3. The molecule has 0 unspecified atom stereocenters. The van der Waals surface area contributed by atoms with Crippen LogP contribution in [0.3, 0.4) is 0 Å². The van der Waals surface area contributed by atoms with Crippen LogP contribution in [0, 0.1) is 0 Å². The normalized spacial score (nSPS) is 8.00. The van der Waals surface area contributed by atoms with E-state index in [0.29, 0.717) is 0 Å². The molecular formula is C7H17N3. The minimum atomic E-state index is 1.19. The maximum absolute atomic E-state index is 7.08. The van der Waals surface area contributed by atoms with Crippen LogP contribution in [0.4, 0.5) is 0 Å². The molecule has 0 amide bonds. The molecule has 0 saturated carbocycles. The van der Waals surface area contributed by atoms with Crippen molar-refractivity contribution >= 4 is 6.72 Å². The molecule has 0 aromatic rings. The van der Waals surface area contributed by atoms with E-state index in [1.165, 1.54) is 19.6 Å². The summed E-state index contributed by atoms with van der Waals surface area (Å²) in [4.78, 5) is 4.62. The zero-order valence-electron chi connectivity index (χ0n) is 7.17. The van der Waals surface area contributed by atoms with Crippen LogP contribution in [0.25, 0.3) is 5.53 Å². The Hall–Kier alpha value is -0.660. The fraction of sp³-hybridized carbons (Fsp3) is 0.857. The van der Waals surface area contributed by atoms with Crippen molar-refractivity contribution in [2.24, 2.45) is 0 Å². The third-order valence-electron chi connectivity index (χ3n) is 1.34. The first-order valence-corrected chi connectivity index (χ1v) is 3.59. The minimum Gasteiger partial charge on any atom is -0.362 e. The third kappa shape index (κ3) is 10.3. The van der Waals surface area contributed by atoms with Crippen LogP contribution >= 0.6 is 0 Å². The minimum absolute atomic E-state index is 1.19. The highest BCUT2D eigenvalue weighted by molar-refractivity contribution is 5.12. The molecule has 60 valence electrons. The Kier molecular flexibility index (Phi) is 13.5. The highest BCUT2D eigenvalue weighted by Gasteiger charge is 1.89. The highest BCUT2D eigenvalue weighted by Crippen LogP contribution is 1.81. The van der Waals surface area contributed by atoms with Gasteiger partial charge in [0.2, 0.25) is 6.72 Å². The van der Waals surface area contributed by atoms with E-state index >= 15 is 0 Å². The summed E-state index contributed by atoms with van der Waals surface area (Å²) in [6.45, 7) is 12.8. The lowest BCUT2D eigenvalue weighted by Crippen LogP contribution is -2.21. The Morgan fingerprint density at radius 1 is 1.20 bits per heavy atom. The van der Waals surface area contributed by atoms with Gasteiger partial charge in [-0.15, -0.1) is 0 Å². The maximum Gasteiger partial charge on any atom is 0.245 e. The van der Waals surface area contributed by atoms with E-state index in [2.05, 4.69) is 37.2 Å². The first-order valence-electron chi connectivity index (χ1n) is 3.59. The first-order chi connectivity index (χ1) is 4.76. The standard InChI is InChI=1S/C6H15N.CH2N2/c1-4-7(5-2)6-3;1-3-2/h4-6H2,1-3H3;1H2. The van der Waals surface area contributed by atoms with Gasteiger partial charge in [0, 0.05) is 0 Å². The van der Waals surface area contributed by atoms with Gasteiger partial charge in [-0.3, -0.25) is 0 Å². The van der Waals surface area contributed by atoms with E-state index in [4.69, 9.17) is 5.53 Å². The molecular weight excluding hydrogens is 126 g/mol. The molecule has 0 spiro atoms. The second-order valence-corrected chi connectivity index (χ2v) is 1.76. The monoisotopic (exact) mass is 143 g/mol. The predicted molar refractivity (Wildman–Crippen MR) is 44.2 cm³/mol. The first kappa shape index (κ1) is 12.1. The van der Waals surface area contributed by atoms with Crippen molar-refractivity contribution in [1.29, 1.82) is 0 Å². The lowest BCUT2D eigenvalue weighted by molar-refractivity contribution is 0.0110. The topological polar surface area (TPSA) is 39.6 Å². The molecule has 0 aromatic heterocycles. The molecule has 0 aliphatic heterocycles. The molecule has 0 bridgehead atoms. The van der Waals surface area contributed by atoms with E-state index < -0.39 is 0 Å². The van der Waals surface area contributed by atoms with E-state index in [0.717, 1.165) is 0 Å². The number of hydrogen-bond donors (Lipinski definition) is 0. The van der Waals surface area contributed by atoms with Gasteiger partial charge in [0.15, 0.2) is 0 Å². The average molecular weight is 143 g/mol. The van der Waals surface area contributed by atoms with Crippen molar-refractivity contribution in [3.63, 3.8) is 0 Å². The van der Waals surface area contributed by atoms with Crippen molar-refractivity contribution in [2.45, 2.75) is 20.8 Å². The van der Waals surface area contributed by atoms with Crippen molar-refractivity contribution in [3.8, 4) is 0 Å². The molecule has 0 atom stereocenters. The number of nitrogens with zero attached hydrogens (tertiary/aromatic N) is 3. The van der Waals surface area contributed by atoms with E-state index in [-0.39, 0.29) is 0 Å². The fourth-order valence-electron chi connectivity index (χ4n) is 0.671. The maximum atomic E-state index is 7.08. The van der Waals surface area contributed by atoms with Crippen LogP contribution in [-0.4, -0.2) is 36.0 Å². The van der Waals surface area contributed by atoms with E-state index in [1.54, 1.807) is 0 Å². The summed E-state index contributed by atoms with van der Waals surface area (Å²) < 4.78 is 0.